The summed E-state index contributed by atoms with van der Waals surface area (Å²) in [6.07, 6.45) is 4.90. The van der Waals surface area contributed by atoms with Gasteiger partial charge in [-0.3, -0.25) is 10.1 Å². The molecule has 0 aliphatic carbocycles. The van der Waals surface area contributed by atoms with E-state index in [2.05, 4.69) is 15.2 Å². The first-order chi connectivity index (χ1) is 9.75. The molecule has 0 atom stereocenters. The van der Waals surface area contributed by atoms with Crippen LogP contribution in [0.5, 0.6) is 0 Å². The van der Waals surface area contributed by atoms with Crippen LogP contribution in [0.4, 0.5) is 11.4 Å². The Morgan fingerprint density at radius 3 is 2.75 bits per heavy atom. The number of nitrogens with zero attached hydrogens (tertiary/aromatic N) is 4. The number of piperazine rings is 1. The highest BCUT2D eigenvalue weighted by molar-refractivity contribution is 5.63. The van der Waals surface area contributed by atoms with Crippen molar-refractivity contribution in [2.24, 2.45) is 0 Å². The Morgan fingerprint density at radius 2 is 2.10 bits per heavy atom. The SMILES string of the molecule is O=[N+]([O-])c1ccc(N2CCNCC2)cc1-n1ccnc1. The molecule has 104 valence electrons. The van der Waals surface area contributed by atoms with Crippen LogP contribution in [0.1, 0.15) is 0 Å². The summed E-state index contributed by atoms with van der Waals surface area (Å²) in [6.45, 7) is 3.66. The third-order valence-corrected chi connectivity index (χ3v) is 3.42. The van der Waals surface area contributed by atoms with Crippen molar-refractivity contribution in [3.8, 4) is 5.69 Å². The minimum atomic E-state index is -0.364. The molecule has 1 N–H and O–H groups in total. The lowest BCUT2D eigenvalue weighted by molar-refractivity contribution is -0.384. The van der Waals surface area contributed by atoms with Crippen LogP contribution in [0.3, 0.4) is 0 Å². The summed E-state index contributed by atoms with van der Waals surface area (Å²) in [4.78, 5) is 17.0. The van der Waals surface area contributed by atoms with Gasteiger partial charge in [-0.25, -0.2) is 4.98 Å². The number of benzene rings is 1. The number of nitrogens with one attached hydrogen (secondary N) is 1. The molecule has 7 heteroatoms. The Labute approximate surface area is 116 Å². The molecule has 2 heterocycles. The van der Waals surface area contributed by atoms with Gasteiger partial charge in [0.1, 0.15) is 5.69 Å². The van der Waals surface area contributed by atoms with E-state index in [1.54, 1.807) is 29.4 Å². The highest BCUT2D eigenvalue weighted by Gasteiger charge is 2.18. The van der Waals surface area contributed by atoms with Gasteiger partial charge in [0.25, 0.3) is 5.69 Å². The standard InChI is InChI=1S/C13H15N5O2/c19-18(20)12-2-1-11(16-6-3-14-4-7-16)9-13(12)17-8-5-15-10-17/h1-2,5,8-10,14H,3-4,6-7H2. The quantitative estimate of drug-likeness (QED) is 0.671. The van der Waals surface area contributed by atoms with Gasteiger partial charge in [-0.1, -0.05) is 0 Å². The first-order valence-electron chi connectivity index (χ1n) is 6.48. The average Bonchev–Trinajstić information content (AvgIpc) is 3.01. The summed E-state index contributed by atoms with van der Waals surface area (Å²) in [5, 5.41) is 14.4. The van der Waals surface area contributed by atoms with Crippen molar-refractivity contribution >= 4 is 11.4 Å². The number of hydrogen-bond acceptors (Lipinski definition) is 5. The van der Waals surface area contributed by atoms with E-state index in [0.29, 0.717) is 5.69 Å². The lowest BCUT2D eigenvalue weighted by Gasteiger charge is -2.29. The van der Waals surface area contributed by atoms with Crippen LogP contribution in [0, 0.1) is 10.1 Å². The van der Waals surface area contributed by atoms with Crippen molar-refractivity contribution in [2.45, 2.75) is 0 Å². The predicted molar refractivity (Wildman–Crippen MR) is 75.3 cm³/mol. The van der Waals surface area contributed by atoms with E-state index in [9.17, 15) is 10.1 Å². The summed E-state index contributed by atoms with van der Waals surface area (Å²) < 4.78 is 1.67. The second kappa shape index (κ2) is 5.30. The van der Waals surface area contributed by atoms with Gasteiger partial charge in [0.2, 0.25) is 0 Å². The van der Waals surface area contributed by atoms with Crippen LogP contribution in [0.25, 0.3) is 5.69 Å². The summed E-state index contributed by atoms with van der Waals surface area (Å²) in [5.74, 6) is 0. The van der Waals surface area contributed by atoms with E-state index >= 15 is 0 Å². The predicted octanol–water partition coefficient (Wildman–Crippen LogP) is 1.19. The maximum absolute atomic E-state index is 11.2. The maximum Gasteiger partial charge on any atom is 0.293 e. The maximum atomic E-state index is 11.2. The Balaban J connectivity index is 2.02. The second-order valence-electron chi connectivity index (χ2n) is 4.64. The van der Waals surface area contributed by atoms with E-state index in [1.165, 1.54) is 0 Å². The molecule has 1 aliphatic rings. The van der Waals surface area contributed by atoms with E-state index in [0.717, 1.165) is 31.9 Å². The largest absolute Gasteiger partial charge is 0.369 e. The van der Waals surface area contributed by atoms with Gasteiger partial charge < -0.3 is 14.8 Å². The van der Waals surface area contributed by atoms with Crippen molar-refractivity contribution in [3.05, 3.63) is 47.0 Å². The minimum absolute atomic E-state index is 0.0851. The Kier molecular flexibility index (Phi) is 3.34. The van der Waals surface area contributed by atoms with E-state index in [1.807, 2.05) is 12.1 Å². The van der Waals surface area contributed by atoms with Crippen LogP contribution in [0.15, 0.2) is 36.9 Å². The molecule has 1 aliphatic heterocycles. The summed E-state index contributed by atoms with van der Waals surface area (Å²) in [6, 6.07) is 5.22. The number of imidazole rings is 1. The van der Waals surface area contributed by atoms with Crippen molar-refractivity contribution in [1.29, 1.82) is 0 Å². The molecule has 0 unspecified atom stereocenters. The van der Waals surface area contributed by atoms with Gasteiger partial charge in [-0.15, -0.1) is 0 Å². The summed E-state index contributed by atoms with van der Waals surface area (Å²) in [5.41, 5.74) is 1.63. The van der Waals surface area contributed by atoms with Gasteiger partial charge in [0, 0.05) is 50.3 Å². The van der Waals surface area contributed by atoms with Crippen LogP contribution in [0.2, 0.25) is 0 Å². The topological polar surface area (TPSA) is 76.2 Å². The molecule has 0 amide bonds. The Hall–Kier alpha value is -2.41. The average molecular weight is 273 g/mol. The number of hydrogen-bond donors (Lipinski definition) is 1. The zero-order valence-corrected chi connectivity index (χ0v) is 10.9. The fraction of sp³-hybridized carbons (Fsp3) is 0.308. The van der Waals surface area contributed by atoms with Crippen LogP contribution in [-0.2, 0) is 0 Å². The number of nitro benzene ring substituents is 1. The highest BCUT2D eigenvalue weighted by Crippen LogP contribution is 2.28. The number of nitro groups is 1. The Bertz CT molecular complexity index is 605. The highest BCUT2D eigenvalue weighted by atomic mass is 16.6. The number of aromatic nitrogens is 2. The second-order valence-corrected chi connectivity index (χ2v) is 4.64. The van der Waals surface area contributed by atoms with Gasteiger partial charge in [0.05, 0.1) is 11.3 Å². The van der Waals surface area contributed by atoms with Crippen molar-refractivity contribution in [2.75, 3.05) is 31.1 Å². The van der Waals surface area contributed by atoms with E-state index in [4.69, 9.17) is 0 Å². The van der Waals surface area contributed by atoms with E-state index < -0.39 is 0 Å². The Morgan fingerprint density at radius 1 is 1.30 bits per heavy atom. The lowest BCUT2D eigenvalue weighted by atomic mass is 10.2. The third-order valence-electron chi connectivity index (χ3n) is 3.42. The molecular formula is C13H15N5O2. The number of anilines is 1. The smallest absolute Gasteiger partial charge is 0.293 e. The summed E-state index contributed by atoms with van der Waals surface area (Å²) in [7, 11) is 0. The van der Waals surface area contributed by atoms with Crippen LogP contribution in [-0.4, -0.2) is 40.7 Å². The molecule has 1 aromatic heterocycles. The fourth-order valence-corrected chi connectivity index (χ4v) is 2.39. The molecule has 0 radical (unpaired) electrons. The zero-order valence-electron chi connectivity index (χ0n) is 10.9. The molecule has 1 aromatic carbocycles. The molecule has 1 fully saturated rings. The van der Waals surface area contributed by atoms with E-state index in [-0.39, 0.29) is 10.6 Å². The minimum Gasteiger partial charge on any atom is -0.369 e. The molecule has 0 bridgehead atoms. The molecule has 3 rings (SSSR count). The van der Waals surface area contributed by atoms with Gasteiger partial charge in [0.15, 0.2) is 0 Å². The summed E-state index contributed by atoms with van der Waals surface area (Å²) >= 11 is 0. The van der Waals surface area contributed by atoms with Crippen LogP contribution >= 0.6 is 0 Å². The van der Waals surface area contributed by atoms with Crippen molar-refractivity contribution in [3.63, 3.8) is 0 Å². The molecule has 0 spiro atoms. The molecule has 1 saturated heterocycles. The first kappa shape index (κ1) is 12.6. The molecule has 7 nitrogen and oxygen atoms in total. The van der Waals surface area contributed by atoms with Gasteiger partial charge >= 0.3 is 0 Å². The monoisotopic (exact) mass is 273 g/mol. The number of rotatable bonds is 3. The van der Waals surface area contributed by atoms with Gasteiger partial charge in [-0.05, 0) is 12.1 Å². The lowest BCUT2D eigenvalue weighted by Crippen LogP contribution is -2.43. The van der Waals surface area contributed by atoms with Gasteiger partial charge in [-0.2, -0.15) is 0 Å². The molecule has 0 saturated carbocycles. The van der Waals surface area contributed by atoms with Crippen molar-refractivity contribution in [1.82, 2.24) is 14.9 Å². The normalized spacial score (nSPS) is 15.3. The fourth-order valence-electron chi connectivity index (χ4n) is 2.39. The third kappa shape index (κ3) is 2.35. The zero-order chi connectivity index (χ0) is 13.9. The van der Waals surface area contributed by atoms with Crippen LogP contribution < -0.4 is 10.2 Å². The molecule has 2 aromatic rings. The molecular weight excluding hydrogens is 258 g/mol. The van der Waals surface area contributed by atoms with Crippen molar-refractivity contribution < 1.29 is 4.92 Å². The molecule has 20 heavy (non-hydrogen) atoms. The first-order valence-corrected chi connectivity index (χ1v) is 6.48.